The Morgan fingerprint density at radius 1 is 1.03 bits per heavy atom. The van der Waals surface area contributed by atoms with Crippen molar-refractivity contribution >= 4 is 17.3 Å². The first-order valence-electron chi connectivity index (χ1n) is 10.5. The minimum atomic E-state index is -4.67. The van der Waals surface area contributed by atoms with Gasteiger partial charge in [0.2, 0.25) is 12.0 Å². The zero-order chi connectivity index (χ0) is 25.0. The fourth-order valence-corrected chi connectivity index (χ4v) is 4.16. The van der Waals surface area contributed by atoms with Gasteiger partial charge in [-0.25, -0.2) is 9.97 Å². The normalized spacial score (nSPS) is 13.3. The van der Waals surface area contributed by atoms with E-state index < -0.39 is 24.3 Å². The van der Waals surface area contributed by atoms with Gasteiger partial charge in [-0.3, -0.25) is 4.79 Å². The zero-order valence-corrected chi connectivity index (χ0v) is 19.0. The molecule has 0 saturated heterocycles. The Bertz CT molecular complexity index is 1280. The lowest BCUT2D eigenvalue weighted by molar-refractivity contribution is -0.198. The van der Waals surface area contributed by atoms with Crippen molar-refractivity contribution in [3.63, 3.8) is 0 Å². The average Bonchev–Trinajstić information content (AvgIpc) is 3.38. The smallest absolute Gasteiger partial charge is 0.429 e. The van der Waals surface area contributed by atoms with E-state index in [9.17, 15) is 18.0 Å². The van der Waals surface area contributed by atoms with E-state index in [1.807, 2.05) is 17.5 Å². The molecule has 0 fully saturated rings. The second-order valence-electron chi connectivity index (χ2n) is 7.73. The molecule has 0 radical (unpaired) electrons. The lowest BCUT2D eigenvalue weighted by Crippen LogP contribution is -2.32. The van der Waals surface area contributed by atoms with Crippen molar-refractivity contribution in [2.45, 2.75) is 24.7 Å². The number of nitrogens with zero attached hydrogens (tertiary/aromatic N) is 2. The Balaban J connectivity index is 1.54. The van der Waals surface area contributed by atoms with E-state index in [1.165, 1.54) is 29.5 Å². The number of carbonyl (C=O) groups is 1. The number of rotatable bonds is 8. The molecule has 0 amide bonds. The van der Waals surface area contributed by atoms with Crippen LogP contribution in [0.4, 0.5) is 13.2 Å². The van der Waals surface area contributed by atoms with E-state index in [4.69, 9.17) is 15.6 Å². The first-order valence-corrected chi connectivity index (χ1v) is 11.4. The molecule has 180 valence electrons. The average molecular weight is 500 g/mol. The van der Waals surface area contributed by atoms with Crippen LogP contribution in [-0.2, 0) is 11.2 Å². The molecular formula is C25H20F3N3O3S. The van der Waals surface area contributed by atoms with Crippen LogP contribution in [-0.4, -0.2) is 33.3 Å². The lowest BCUT2D eigenvalue weighted by Gasteiger charge is -2.22. The standard InChI is InChI=1S/C25H20F3N3O3S/c26-25(27,28)23(18-9-7-17(8-10-18)21-2-1-11-35-21)34-22-13-20(30-14-31-22)16-5-3-15(4-6-16)12-19(29)24(32)33/h1-11,13-14,19,23H,12,29H2,(H,32,33)/t19-,23?/m0/s1. The van der Waals surface area contributed by atoms with Gasteiger partial charge < -0.3 is 15.6 Å². The van der Waals surface area contributed by atoms with Crippen molar-refractivity contribution in [3.8, 4) is 27.6 Å². The molecule has 6 nitrogen and oxygen atoms in total. The Morgan fingerprint density at radius 2 is 1.71 bits per heavy atom. The number of aromatic nitrogens is 2. The Morgan fingerprint density at radius 3 is 2.31 bits per heavy atom. The van der Waals surface area contributed by atoms with Crippen molar-refractivity contribution in [1.29, 1.82) is 0 Å². The van der Waals surface area contributed by atoms with Crippen molar-refractivity contribution in [3.05, 3.63) is 89.6 Å². The number of hydrogen-bond donors (Lipinski definition) is 2. The molecule has 2 aromatic carbocycles. The molecule has 2 aromatic heterocycles. The number of halogens is 3. The van der Waals surface area contributed by atoms with Crippen LogP contribution in [0, 0.1) is 0 Å². The van der Waals surface area contributed by atoms with E-state index in [0.29, 0.717) is 16.8 Å². The Kier molecular flexibility index (Phi) is 7.13. The maximum atomic E-state index is 13.9. The Hall–Kier alpha value is -3.76. The highest BCUT2D eigenvalue weighted by molar-refractivity contribution is 7.13. The van der Waals surface area contributed by atoms with Gasteiger partial charge in [0.1, 0.15) is 12.4 Å². The zero-order valence-electron chi connectivity index (χ0n) is 18.1. The molecule has 4 aromatic rings. The van der Waals surface area contributed by atoms with E-state index in [2.05, 4.69) is 9.97 Å². The molecule has 0 aliphatic heterocycles. The summed E-state index contributed by atoms with van der Waals surface area (Å²) >= 11 is 1.50. The summed E-state index contributed by atoms with van der Waals surface area (Å²) in [5.74, 6) is -1.33. The number of carboxylic acid groups (broad SMARTS) is 1. The summed E-state index contributed by atoms with van der Waals surface area (Å²) in [5, 5.41) is 10.8. The van der Waals surface area contributed by atoms with Crippen molar-refractivity contribution < 1.29 is 27.8 Å². The highest BCUT2D eigenvalue weighted by Crippen LogP contribution is 2.38. The van der Waals surface area contributed by atoms with Crippen LogP contribution < -0.4 is 10.5 Å². The monoisotopic (exact) mass is 499 g/mol. The number of ether oxygens (including phenoxy) is 1. The number of benzene rings is 2. The van der Waals surface area contributed by atoms with Gasteiger partial charge in [-0.1, -0.05) is 54.6 Å². The number of carboxylic acids is 1. The number of nitrogens with two attached hydrogens (primary N) is 1. The maximum absolute atomic E-state index is 13.9. The van der Waals surface area contributed by atoms with E-state index in [-0.39, 0.29) is 17.9 Å². The molecule has 0 saturated carbocycles. The quantitative estimate of drug-likeness (QED) is 0.332. The van der Waals surface area contributed by atoms with E-state index >= 15 is 0 Å². The van der Waals surface area contributed by atoms with Gasteiger partial charge in [0.15, 0.2) is 0 Å². The Labute approximate surface area is 202 Å². The fraction of sp³-hybridized carbons (Fsp3) is 0.160. The molecule has 10 heteroatoms. The fourth-order valence-electron chi connectivity index (χ4n) is 3.42. The van der Waals surface area contributed by atoms with Crippen LogP contribution in [0.1, 0.15) is 17.2 Å². The third-order valence-corrected chi connectivity index (χ3v) is 6.14. The van der Waals surface area contributed by atoms with E-state index in [0.717, 1.165) is 16.8 Å². The topological polar surface area (TPSA) is 98.3 Å². The predicted molar refractivity (Wildman–Crippen MR) is 126 cm³/mol. The molecule has 0 aliphatic carbocycles. The molecule has 4 rings (SSSR count). The van der Waals surface area contributed by atoms with Gasteiger partial charge in [-0.15, -0.1) is 11.3 Å². The predicted octanol–water partition coefficient (Wildman–Crippen LogP) is 5.51. The SMILES string of the molecule is N[C@@H](Cc1ccc(-c2cc(OC(c3ccc(-c4cccs4)cc3)C(F)(F)F)ncn2)cc1)C(=O)O. The number of alkyl halides is 3. The summed E-state index contributed by atoms with van der Waals surface area (Å²) in [5.41, 5.74) is 8.00. The minimum Gasteiger partial charge on any atom is -0.480 e. The summed E-state index contributed by atoms with van der Waals surface area (Å²) < 4.78 is 46.9. The van der Waals surface area contributed by atoms with Crippen LogP contribution in [0.2, 0.25) is 0 Å². The molecule has 2 heterocycles. The van der Waals surface area contributed by atoms with Crippen LogP contribution in [0.3, 0.4) is 0 Å². The molecule has 0 bridgehead atoms. The molecule has 0 aliphatic rings. The first kappa shape index (κ1) is 24.4. The number of hydrogen-bond acceptors (Lipinski definition) is 6. The summed E-state index contributed by atoms with van der Waals surface area (Å²) in [7, 11) is 0. The lowest BCUT2D eigenvalue weighted by atomic mass is 10.0. The second-order valence-corrected chi connectivity index (χ2v) is 8.67. The first-order chi connectivity index (χ1) is 16.7. The summed E-state index contributed by atoms with van der Waals surface area (Å²) in [4.78, 5) is 19.9. The highest BCUT2D eigenvalue weighted by Gasteiger charge is 2.43. The molecule has 2 atom stereocenters. The van der Waals surface area contributed by atoms with Gasteiger partial charge in [-0.05, 0) is 29.0 Å². The van der Waals surface area contributed by atoms with Crippen molar-refractivity contribution in [1.82, 2.24) is 9.97 Å². The largest absolute Gasteiger partial charge is 0.480 e. The van der Waals surface area contributed by atoms with E-state index in [1.54, 1.807) is 36.4 Å². The third kappa shape index (κ3) is 6.03. The van der Waals surface area contributed by atoms with Gasteiger partial charge in [0.05, 0.1) is 5.69 Å². The van der Waals surface area contributed by atoms with Crippen LogP contribution in [0.5, 0.6) is 5.88 Å². The van der Waals surface area contributed by atoms with Crippen LogP contribution in [0.25, 0.3) is 21.7 Å². The van der Waals surface area contributed by atoms with Crippen molar-refractivity contribution in [2.75, 3.05) is 0 Å². The molecule has 35 heavy (non-hydrogen) atoms. The van der Waals surface area contributed by atoms with Gasteiger partial charge >= 0.3 is 12.1 Å². The minimum absolute atomic E-state index is 0.0444. The van der Waals surface area contributed by atoms with Crippen LogP contribution in [0.15, 0.2) is 78.4 Å². The van der Waals surface area contributed by atoms with Gasteiger partial charge in [-0.2, -0.15) is 13.2 Å². The van der Waals surface area contributed by atoms with Crippen molar-refractivity contribution in [2.24, 2.45) is 5.73 Å². The number of aliphatic carboxylic acids is 1. The molecule has 1 unspecified atom stereocenters. The summed E-state index contributed by atoms with van der Waals surface area (Å²) in [6.45, 7) is 0. The highest BCUT2D eigenvalue weighted by atomic mass is 32.1. The van der Waals surface area contributed by atoms with Crippen LogP contribution >= 0.6 is 11.3 Å². The third-order valence-electron chi connectivity index (χ3n) is 5.22. The molecular weight excluding hydrogens is 479 g/mol. The maximum Gasteiger partial charge on any atom is 0.429 e. The van der Waals surface area contributed by atoms with Gasteiger partial charge in [0, 0.05) is 22.1 Å². The second kappa shape index (κ2) is 10.2. The summed E-state index contributed by atoms with van der Waals surface area (Å²) in [6.07, 6.45) is -5.60. The van der Waals surface area contributed by atoms with Gasteiger partial charge in [0.25, 0.3) is 0 Å². The summed E-state index contributed by atoms with van der Waals surface area (Å²) in [6, 6.07) is 16.9. The number of thiophene rings is 1. The molecule has 0 spiro atoms. The molecule has 3 N–H and O–H groups in total.